The number of carbonyl (C=O) groups is 1. The maximum absolute atomic E-state index is 12.9. The summed E-state index contributed by atoms with van der Waals surface area (Å²) in [6.45, 7) is 4.49. The average molecular weight is 368 g/mol. The lowest BCUT2D eigenvalue weighted by atomic mass is 9.93. The number of aryl methyl sites for hydroxylation is 2. The molecular formula is C19H20N4O2S. The molecule has 26 heavy (non-hydrogen) atoms. The minimum atomic E-state index is -0.331. The lowest BCUT2D eigenvalue weighted by Crippen LogP contribution is -2.27. The van der Waals surface area contributed by atoms with E-state index in [1.54, 1.807) is 35.6 Å². The molecule has 2 heterocycles. The van der Waals surface area contributed by atoms with Crippen molar-refractivity contribution in [3.63, 3.8) is 0 Å². The fourth-order valence-electron chi connectivity index (χ4n) is 3.37. The van der Waals surface area contributed by atoms with Crippen molar-refractivity contribution in [3.05, 3.63) is 50.9 Å². The normalized spacial score (nSPS) is 16.5. The Bertz CT molecular complexity index is 1050. The van der Waals surface area contributed by atoms with Gasteiger partial charge >= 0.3 is 0 Å². The van der Waals surface area contributed by atoms with Crippen molar-refractivity contribution < 1.29 is 4.79 Å². The van der Waals surface area contributed by atoms with Crippen molar-refractivity contribution in [1.29, 1.82) is 0 Å². The lowest BCUT2D eigenvalue weighted by Gasteiger charge is -2.15. The van der Waals surface area contributed by atoms with E-state index in [9.17, 15) is 9.59 Å². The maximum Gasteiger partial charge on any atom is 0.278 e. The fraction of sp³-hybridized carbons (Fsp3) is 0.368. The molecule has 0 unspecified atom stereocenters. The van der Waals surface area contributed by atoms with Gasteiger partial charge in [-0.1, -0.05) is 25.1 Å². The van der Waals surface area contributed by atoms with Crippen LogP contribution in [0.1, 0.15) is 41.3 Å². The topological polar surface area (TPSA) is 76.9 Å². The van der Waals surface area contributed by atoms with Crippen LogP contribution >= 0.6 is 11.3 Å². The number of nitrogens with zero attached hydrogens (tertiary/aromatic N) is 3. The van der Waals surface area contributed by atoms with Gasteiger partial charge in [0.2, 0.25) is 0 Å². The van der Waals surface area contributed by atoms with Crippen LogP contribution in [0.2, 0.25) is 0 Å². The zero-order chi connectivity index (χ0) is 18.3. The Morgan fingerprint density at radius 3 is 2.88 bits per heavy atom. The van der Waals surface area contributed by atoms with Gasteiger partial charge in [-0.2, -0.15) is 5.10 Å². The molecule has 0 aliphatic heterocycles. The molecule has 1 N–H and O–H groups in total. The number of amides is 1. The number of rotatable bonds is 3. The van der Waals surface area contributed by atoms with Crippen molar-refractivity contribution in [1.82, 2.24) is 14.8 Å². The SMILES string of the molecule is CCn1nc(C(=O)Nc2nc3c(s2)C[C@H](C)CC3)c2ccccc2c1=O. The number of hydrogen-bond donors (Lipinski definition) is 1. The molecule has 1 aliphatic carbocycles. The van der Waals surface area contributed by atoms with Gasteiger partial charge in [-0.15, -0.1) is 11.3 Å². The van der Waals surface area contributed by atoms with E-state index in [1.807, 2.05) is 6.92 Å². The summed E-state index contributed by atoms with van der Waals surface area (Å²) >= 11 is 1.54. The monoisotopic (exact) mass is 368 g/mol. The Morgan fingerprint density at radius 2 is 2.12 bits per heavy atom. The molecular weight excluding hydrogens is 348 g/mol. The highest BCUT2D eigenvalue weighted by Crippen LogP contribution is 2.32. The van der Waals surface area contributed by atoms with E-state index in [4.69, 9.17) is 0 Å². The van der Waals surface area contributed by atoms with Crippen LogP contribution in [0.3, 0.4) is 0 Å². The van der Waals surface area contributed by atoms with E-state index in [0.717, 1.165) is 25.0 Å². The number of aromatic nitrogens is 3. The molecule has 0 spiro atoms. The van der Waals surface area contributed by atoms with Crippen LogP contribution in [0.15, 0.2) is 29.1 Å². The van der Waals surface area contributed by atoms with Crippen LogP contribution in [-0.4, -0.2) is 20.7 Å². The average Bonchev–Trinajstić information content (AvgIpc) is 3.03. The summed E-state index contributed by atoms with van der Waals surface area (Å²) in [5.74, 6) is 0.327. The molecule has 2 aromatic heterocycles. The minimum absolute atomic E-state index is 0.182. The molecule has 6 nitrogen and oxygen atoms in total. The third-order valence-corrected chi connectivity index (χ3v) is 5.82. The molecule has 0 saturated heterocycles. The van der Waals surface area contributed by atoms with Gasteiger partial charge in [-0.05, 0) is 38.2 Å². The van der Waals surface area contributed by atoms with E-state index in [-0.39, 0.29) is 17.2 Å². The minimum Gasteiger partial charge on any atom is -0.296 e. The van der Waals surface area contributed by atoms with Crippen LogP contribution in [0.5, 0.6) is 0 Å². The molecule has 0 radical (unpaired) electrons. The second-order valence-corrected chi connectivity index (χ2v) is 7.79. The van der Waals surface area contributed by atoms with Crippen LogP contribution in [0.25, 0.3) is 10.8 Å². The maximum atomic E-state index is 12.9. The van der Waals surface area contributed by atoms with Gasteiger partial charge in [0.25, 0.3) is 11.5 Å². The number of carbonyl (C=O) groups excluding carboxylic acids is 1. The molecule has 0 fully saturated rings. The van der Waals surface area contributed by atoms with Crippen molar-refractivity contribution in [2.45, 2.75) is 39.7 Å². The first kappa shape index (κ1) is 16.9. The zero-order valence-electron chi connectivity index (χ0n) is 14.8. The van der Waals surface area contributed by atoms with Gasteiger partial charge in [-0.25, -0.2) is 9.67 Å². The highest BCUT2D eigenvalue weighted by molar-refractivity contribution is 7.15. The van der Waals surface area contributed by atoms with Crippen LogP contribution in [0, 0.1) is 5.92 Å². The predicted molar refractivity (Wildman–Crippen MR) is 103 cm³/mol. The summed E-state index contributed by atoms with van der Waals surface area (Å²) in [4.78, 5) is 31.1. The van der Waals surface area contributed by atoms with Gasteiger partial charge < -0.3 is 0 Å². The second kappa shape index (κ2) is 6.64. The quantitative estimate of drug-likeness (QED) is 0.770. The molecule has 134 valence electrons. The number of thiazole rings is 1. The van der Waals surface area contributed by atoms with Crippen molar-refractivity contribution >= 4 is 33.1 Å². The largest absolute Gasteiger partial charge is 0.296 e. The van der Waals surface area contributed by atoms with E-state index in [1.165, 1.54) is 9.56 Å². The first-order chi connectivity index (χ1) is 12.6. The lowest BCUT2D eigenvalue weighted by molar-refractivity contribution is 0.102. The Morgan fingerprint density at radius 1 is 1.35 bits per heavy atom. The molecule has 0 saturated carbocycles. The molecule has 3 aromatic rings. The molecule has 0 bridgehead atoms. The third kappa shape index (κ3) is 2.92. The standard InChI is InChI=1S/C19H20N4O2S/c1-3-23-18(25)13-7-5-4-6-12(13)16(22-23)17(24)21-19-20-14-9-8-11(2)10-15(14)26-19/h4-7,11H,3,8-10H2,1-2H3,(H,20,21,24)/t11-/m1/s1. The van der Waals surface area contributed by atoms with Gasteiger partial charge in [0.05, 0.1) is 11.1 Å². The Hall–Kier alpha value is -2.54. The number of hydrogen-bond acceptors (Lipinski definition) is 5. The molecule has 7 heteroatoms. The van der Waals surface area contributed by atoms with Gasteiger partial charge in [0.1, 0.15) is 0 Å². The summed E-state index contributed by atoms with van der Waals surface area (Å²) in [5.41, 5.74) is 1.17. The molecule has 4 rings (SSSR count). The van der Waals surface area contributed by atoms with Crippen LogP contribution < -0.4 is 10.9 Å². The second-order valence-electron chi connectivity index (χ2n) is 6.71. The highest BCUT2D eigenvalue weighted by atomic mass is 32.1. The zero-order valence-corrected chi connectivity index (χ0v) is 15.6. The molecule has 1 aromatic carbocycles. The van der Waals surface area contributed by atoms with E-state index < -0.39 is 0 Å². The van der Waals surface area contributed by atoms with Gasteiger partial charge in [-0.3, -0.25) is 14.9 Å². The van der Waals surface area contributed by atoms with Crippen LogP contribution in [0.4, 0.5) is 5.13 Å². The fourth-order valence-corrected chi connectivity index (χ4v) is 4.53. The first-order valence-corrected chi connectivity index (χ1v) is 9.68. The Labute approximate surface area is 154 Å². The van der Waals surface area contributed by atoms with Gasteiger partial charge in [0.15, 0.2) is 10.8 Å². The van der Waals surface area contributed by atoms with Crippen LogP contribution in [-0.2, 0) is 19.4 Å². The van der Waals surface area contributed by atoms with Crippen molar-refractivity contribution in [2.24, 2.45) is 5.92 Å². The highest BCUT2D eigenvalue weighted by Gasteiger charge is 2.22. The summed E-state index contributed by atoms with van der Waals surface area (Å²) < 4.78 is 1.33. The summed E-state index contributed by atoms with van der Waals surface area (Å²) in [6, 6.07) is 7.08. The number of anilines is 1. The first-order valence-electron chi connectivity index (χ1n) is 8.86. The number of nitrogens with one attached hydrogen (secondary N) is 1. The van der Waals surface area contributed by atoms with Gasteiger partial charge in [0, 0.05) is 16.8 Å². The predicted octanol–water partition coefficient (Wildman–Crippen LogP) is 3.25. The van der Waals surface area contributed by atoms with Crippen molar-refractivity contribution in [3.8, 4) is 0 Å². The van der Waals surface area contributed by atoms with E-state index >= 15 is 0 Å². The smallest absolute Gasteiger partial charge is 0.278 e. The third-order valence-electron chi connectivity index (χ3n) is 4.79. The Kier molecular flexibility index (Phi) is 4.32. The Balaban J connectivity index is 1.71. The summed E-state index contributed by atoms with van der Waals surface area (Å²) in [6.07, 6.45) is 3.12. The molecule has 1 aliphatic rings. The summed E-state index contributed by atoms with van der Waals surface area (Å²) in [7, 11) is 0. The summed E-state index contributed by atoms with van der Waals surface area (Å²) in [5, 5.41) is 8.83. The van der Waals surface area contributed by atoms with Crippen molar-refractivity contribution in [2.75, 3.05) is 5.32 Å². The molecule has 1 amide bonds. The number of fused-ring (bicyclic) bond motifs is 2. The number of benzene rings is 1. The van der Waals surface area contributed by atoms with E-state index in [0.29, 0.717) is 28.4 Å². The molecule has 1 atom stereocenters. The van der Waals surface area contributed by atoms with E-state index in [2.05, 4.69) is 22.3 Å².